The summed E-state index contributed by atoms with van der Waals surface area (Å²) in [5.41, 5.74) is 8.91. The Bertz CT molecular complexity index is 558. The van der Waals surface area contributed by atoms with E-state index in [1.165, 1.54) is 11.1 Å². The minimum absolute atomic E-state index is 0.0724. The SMILES string of the molecule is Cc1cccc(C(N)=O)c1C1(CC2CCOCC2)CCNCC1. The van der Waals surface area contributed by atoms with Gasteiger partial charge in [0.2, 0.25) is 5.91 Å². The molecule has 126 valence electrons. The van der Waals surface area contributed by atoms with Gasteiger partial charge in [0.05, 0.1) is 0 Å². The van der Waals surface area contributed by atoms with Crippen LogP contribution < -0.4 is 11.1 Å². The fraction of sp³-hybridized carbons (Fsp3) is 0.632. The van der Waals surface area contributed by atoms with E-state index in [2.05, 4.69) is 18.3 Å². The van der Waals surface area contributed by atoms with Crippen molar-refractivity contribution in [2.75, 3.05) is 26.3 Å². The van der Waals surface area contributed by atoms with Crippen LogP contribution in [-0.4, -0.2) is 32.2 Å². The van der Waals surface area contributed by atoms with Crippen LogP contribution in [0.1, 0.15) is 53.6 Å². The van der Waals surface area contributed by atoms with Gasteiger partial charge < -0.3 is 15.8 Å². The molecule has 23 heavy (non-hydrogen) atoms. The number of benzene rings is 1. The molecule has 3 rings (SSSR count). The van der Waals surface area contributed by atoms with Gasteiger partial charge in [0.25, 0.3) is 0 Å². The lowest BCUT2D eigenvalue weighted by Gasteiger charge is -2.43. The van der Waals surface area contributed by atoms with E-state index in [0.29, 0.717) is 5.92 Å². The number of amides is 1. The Labute approximate surface area is 138 Å². The maximum Gasteiger partial charge on any atom is 0.249 e. The van der Waals surface area contributed by atoms with Crippen molar-refractivity contribution in [2.24, 2.45) is 11.7 Å². The zero-order valence-electron chi connectivity index (χ0n) is 14.1. The molecule has 1 amide bonds. The smallest absolute Gasteiger partial charge is 0.249 e. The second-order valence-corrected chi connectivity index (χ2v) is 7.15. The molecule has 3 N–H and O–H groups in total. The standard InChI is InChI=1S/C19H28N2O2/c1-14-3-2-4-16(18(20)22)17(14)19(7-9-21-10-8-19)13-15-5-11-23-12-6-15/h2-4,15,21H,5-13H2,1H3,(H2,20,22). The Kier molecular flexibility index (Phi) is 5.02. The number of nitrogens with two attached hydrogens (primary N) is 1. The summed E-state index contributed by atoms with van der Waals surface area (Å²) in [5, 5.41) is 3.47. The van der Waals surface area contributed by atoms with E-state index < -0.39 is 0 Å². The van der Waals surface area contributed by atoms with Crippen molar-refractivity contribution in [2.45, 2.75) is 44.4 Å². The number of hydrogen-bond donors (Lipinski definition) is 2. The number of primary amides is 1. The molecule has 1 aromatic carbocycles. The lowest BCUT2D eigenvalue weighted by molar-refractivity contribution is 0.0522. The Morgan fingerprint density at radius 2 is 2.00 bits per heavy atom. The summed E-state index contributed by atoms with van der Waals surface area (Å²) in [4.78, 5) is 12.0. The predicted octanol–water partition coefficient (Wildman–Crippen LogP) is 2.53. The van der Waals surface area contributed by atoms with Gasteiger partial charge in [-0.15, -0.1) is 0 Å². The average Bonchev–Trinajstić information content (AvgIpc) is 2.56. The normalized spacial score (nSPS) is 22.0. The van der Waals surface area contributed by atoms with Crippen LogP contribution in [-0.2, 0) is 10.2 Å². The van der Waals surface area contributed by atoms with Gasteiger partial charge in [0.15, 0.2) is 0 Å². The average molecular weight is 316 g/mol. The van der Waals surface area contributed by atoms with Crippen LogP contribution in [0, 0.1) is 12.8 Å². The van der Waals surface area contributed by atoms with Crippen molar-refractivity contribution in [3.05, 3.63) is 34.9 Å². The van der Waals surface area contributed by atoms with Crippen LogP contribution in [0.2, 0.25) is 0 Å². The third-order valence-electron chi connectivity index (χ3n) is 5.65. The molecule has 2 aliphatic rings. The lowest BCUT2D eigenvalue weighted by atomic mass is 9.64. The molecule has 2 saturated heterocycles. The molecule has 2 aliphatic heterocycles. The molecule has 0 radical (unpaired) electrons. The van der Waals surface area contributed by atoms with E-state index >= 15 is 0 Å². The van der Waals surface area contributed by atoms with Gasteiger partial charge in [0.1, 0.15) is 0 Å². The number of rotatable bonds is 4. The van der Waals surface area contributed by atoms with E-state index in [0.717, 1.165) is 64.0 Å². The van der Waals surface area contributed by atoms with Gasteiger partial charge in [-0.05, 0) is 80.6 Å². The number of piperidine rings is 1. The summed E-state index contributed by atoms with van der Waals surface area (Å²) in [6.45, 7) is 5.88. The van der Waals surface area contributed by atoms with Crippen molar-refractivity contribution < 1.29 is 9.53 Å². The Hall–Kier alpha value is -1.39. The molecule has 2 heterocycles. The maximum absolute atomic E-state index is 12.0. The number of ether oxygens (including phenoxy) is 1. The van der Waals surface area contributed by atoms with Crippen molar-refractivity contribution in [3.63, 3.8) is 0 Å². The number of nitrogens with one attached hydrogen (secondary N) is 1. The molecule has 4 heteroatoms. The Morgan fingerprint density at radius 3 is 2.65 bits per heavy atom. The zero-order chi connectivity index (χ0) is 16.3. The predicted molar refractivity (Wildman–Crippen MR) is 91.6 cm³/mol. The van der Waals surface area contributed by atoms with E-state index in [4.69, 9.17) is 10.5 Å². The summed E-state index contributed by atoms with van der Waals surface area (Å²) in [6, 6.07) is 5.97. The minimum Gasteiger partial charge on any atom is -0.381 e. The van der Waals surface area contributed by atoms with E-state index in [1.54, 1.807) is 0 Å². The quantitative estimate of drug-likeness (QED) is 0.897. The van der Waals surface area contributed by atoms with Gasteiger partial charge in [-0.1, -0.05) is 12.1 Å². The molecule has 0 aliphatic carbocycles. The molecule has 2 fully saturated rings. The van der Waals surface area contributed by atoms with Crippen molar-refractivity contribution in [1.82, 2.24) is 5.32 Å². The van der Waals surface area contributed by atoms with Gasteiger partial charge in [0, 0.05) is 18.8 Å². The molecule has 0 bridgehead atoms. The molecule has 0 aromatic heterocycles. The third-order valence-corrected chi connectivity index (χ3v) is 5.65. The molecule has 4 nitrogen and oxygen atoms in total. The maximum atomic E-state index is 12.0. The first-order chi connectivity index (χ1) is 11.1. The summed E-state index contributed by atoms with van der Waals surface area (Å²) < 4.78 is 5.53. The molecule has 0 atom stereocenters. The molecule has 1 aromatic rings. The molecule has 0 unspecified atom stereocenters. The first-order valence-corrected chi connectivity index (χ1v) is 8.81. The lowest BCUT2D eigenvalue weighted by Crippen LogP contribution is -2.43. The fourth-order valence-electron chi connectivity index (χ4n) is 4.54. The second-order valence-electron chi connectivity index (χ2n) is 7.15. The third kappa shape index (κ3) is 3.43. The van der Waals surface area contributed by atoms with Crippen LogP contribution in [0.3, 0.4) is 0 Å². The highest BCUT2D eigenvalue weighted by Crippen LogP contribution is 2.44. The number of carbonyl (C=O) groups is 1. The minimum atomic E-state index is -0.298. The first kappa shape index (κ1) is 16.5. The van der Waals surface area contributed by atoms with E-state index in [-0.39, 0.29) is 11.3 Å². The highest BCUT2D eigenvalue weighted by Gasteiger charge is 2.39. The number of carbonyl (C=O) groups excluding carboxylic acids is 1. The van der Waals surface area contributed by atoms with Crippen LogP contribution >= 0.6 is 0 Å². The summed E-state index contributed by atoms with van der Waals surface area (Å²) in [5.74, 6) is 0.385. The monoisotopic (exact) mass is 316 g/mol. The van der Waals surface area contributed by atoms with Gasteiger partial charge in [-0.2, -0.15) is 0 Å². The number of hydrogen-bond acceptors (Lipinski definition) is 3. The van der Waals surface area contributed by atoms with Crippen molar-refractivity contribution in [1.29, 1.82) is 0 Å². The van der Waals surface area contributed by atoms with Crippen LogP contribution in [0.25, 0.3) is 0 Å². The van der Waals surface area contributed by atoms with E-state index in [1.807, 2.05) is 12.1 Å². The highest BCUT2D eigenvalue weighted by atomic mass is 16.5. The summed E-state index contributed by atoms with van der Waals surface area (Å²) in [7, 11) is 0. The Morgan fingerprint density at radius 1 is 1.30 bits per heavy atom. The highest BCUT2D eigenvalue weighted by molar-refractivity contribution is 5.95. The number of aryl methyl sites for hydroxylation is 1. The molecule has 0 saturated carbocycles. The van der Waals surface area contributed by atoms with Gasteiger partial charge >= 0.3 is 0 Å². The summed E-state index contributed by atoms with van der Waals surface area (Å²) >= 11 is 0. The van der Waals surface area contributed by atoms with Gasteiger partial charge in [-0.25, -0.2) is 0 Å². The van der Waals surface area contributed by atoms with Crippen LogP contribution in [0.5, 0.6) is 0 Å². The van der Waals surface area contributed by atoms with Crippen LogP contribution in [0.15, 0.2) is 18.2 Å². The van der Waals surface area contributed by atoms with Crippen LogP contribution in [0.4, 0.5) is 0 Å². The fourth-order valence-corrected chi connectivity index (χ4v) is 4.54. The van der Waals surface area contributed by atoms with Gasteiger partial charge in [-0.3, -0.25) is 4.79 Å². The second kappa shape index (κ2) is 7.02. The topological polar surface area (TPSA) is 64.4 Å². The zero-order valence-corrected chi connectivity index (χ0v) is 14.1. The first-order valence-electron chi connectivity index (χ1n) is 8.81. The largest absolute Gasteiger partial charge is 0.381 e. The summed E-state index contributed by atoms with van der Waals surface area (Å²) in [6.07, 6.45) is 5.56. The van der Waals surface area contributed by atoms with Crippen molar-refractivity contribution in [3.8, 4) is 0 Å². The Balaban J connectivity index is 2.00. The molecular weight excluding hydrogens is 288 g/mol. The molecule has 0 spiro atoms. The van der Waals surface area contributed by atoms with Crippen molar-refractivity contribution >= 4 is 5.91 Å². The van der Waals surface area contributed by atoms with E-state index in [9.17, 15) is 4.79 Å². The molecular formula is C19H28N2O2.